The summed E-state index contributed by atoms with van der Waals surface area (Å²) in [6, 6.07) is 0. The van der Waals surface area contributed by atoms with Crippen molar-refractivity contribution >= 4 is 5.78 Å². The minimum Gasteiger partial charge on any atom is -0.298 e. The minimum absolute atomic E-state index is 0.125. The van der Waals surface area contributed by atoms with E-state index in [4.69, 9.17) is 0 Å². The Bertz CT molecular complexity index is 296. The van der Waals surface area contributed by atoms with Crippen molar-refractivity contribution in [2.24, 2.45) is 5.41 Å². The van der Waals surface area contributed by atoms with Crippen molar-refractivity contribution < 1.29 is 4.79 Å². The van der Waals surface area contributed by atoms with Crippen LogP contribution in [0.3, 0.4) is 0 Å². The van der Waals surface area contributed by atoms with Crippen molar-refractivity contribution in [1.29, 1.82) is 0 Å². The highest BCUT2D eigenvalue weighted by molar-refractivity contribution is 5.93. The number of carbonyl (C=O) groups excluding carboxylic acids is 1. The van der Waals surface area contributed by atoms with Crippen LogP contribution in [0.1, 0.15) is 33.1 Å². The Labute approximate surface area is 73.2 Å². The third-order valence-corrected chi connectivity index (χ3v) is 3.18. The number of allylic oxidation sites excluding steroid dienone is 4. The van der Waals surface area contributed by atoms with Crippen LogP contribution in [0.4, 0.5) is 0 Å². The third kappa shape index (κ3) is 0.889. The number of carbonyl (C=O) groups is 1. The summed E-state index contributed by atoms with van der Waals surface area (Å²) < 4.78 is 0. The maximum absolute atomic E-state index is 11.6. The third-order valence-electron chi connectivity index (χ3n) is 3.18. The number of fused-ring (bicyclic) bond motifs is 1. The van der Waals surface area contributed by atoms with Gasteiger partial charge in [-0.3, -0.25) is 4.79 Å². The zero-order valence-electron chi connectivity index (χ0n) is 7.68. The smallest absolute Gasteiger partial charge is 0.146 e. The zero-order valence-corrected chi connectivity index (χ0v) is 7.68. The Morgan fingerprint density at radius 2 is 2.25 bits per heavy atom. The Kier molecular flexibility index (Phi) is 1.50. The molecule has 0 aromatic heterocycles. The lowest BCUT2D eigenvalue weighted by Gasteiger charge is -2.29. The molecule has 64 valence electrons. The molecule has 0 radical (unpaired) electrons. The summed E-state index contributed by atoms with van der Waals surface area (Å²) >= 11 is 0. The van der Waals surface area contributed by atoms with Gasteiger partial charge in [0.2, 0.25) is 0 Å². The van der Waals surface area contributed by atoms with Gasteiger partial charge in [-0.15, -0.1) is 0 Å². The van der Waals surface area contributed by atoms with Gasteiger partial charge in [-0.05, 0) is 32.3 Å². The van der Waals surface area contributed by atoms with Crippen LogP contribution in [0, 0.1) is 5.41 Å². The molecular weight excluding hydrogens is 148 g/mol. The molecule has 2 aliphatic rings. The summed E-state index contributed by atoms with van der Waals surface area (Å²) in [6.07, 6.45) is 7.02. The fourth-order valence-corrected chi connectivity index (χ4v) is 2.10. The second-order valence-corrected chi connectivity index (χ2v) is 4.11. The van der Waals surface area contributed by atoms with Gasteiger partial charge >= 0.3 is 0 Å². The van der Waals surface area contributed by atoms with Gasteiger partial charge < -0.3 is 0 Å². The molecule has 0 aliphatic heterocycles. The number of ketones is 1. The molecular formula is C11H14O. The summed E-state index contributed by atoms with van der Waals surface area (Å²) in [5, 5.41) is 0. The molecule has 0 saturated carbocycles. The molecule has 1 heteroatoms. The normalized spacial score (nSPS) is 34.3. The first-order valence-corrected chi connectivity index (χ1v) is 4.54. The van der Waals surface area contributed by atoms with Crippen LogP contribution in [0.5, 0.6) is 0 Å². The molecule has 12 heavy (non-hydrogen) atoms. The van der Waals surface area contributed by atoms with E-state index < -0.39 is 0 Å². The molecule has 2 rings (SSSR count). The molecule has 2 aliphatic carbocycles. The molecule has 0 N–H and O–H groups in total. The van der Waals surface area contributed by atoms with E-state index in [-0.39, 0.29) is 5.41 Å². The fourth-order valence-electron chi connectivity index (χ4n) is 2.10. The summed E-state index contributed by atoms with van der Waals surface area (Å²) in [7, 11) is 0. The van der Waals surface area contributed by atoms with Crippen molar-refractivity contribution in [3.05, 3.63) is 23.3 Å². The molecule has 0 aromatic rings. The topological polar surface area (TPSA) is 17.1 Å². The Morgan fingerprint density at radius 3 is 3.00 bits per heavy atom. The van der Waals surface area contributed by atoms with Gasteiger partial charge in [0, 0.05) is 6.42 Å². The molecule has 1 nitrogen and oxygen atoms in total. The first kappa shape index (κ1) is 7.78. The Hall–Kier alpha value is -0.850. The summed E-state index contributed by atoms with van der Waals surface area (Å²) in [6.45, 7) is 4.22. The lowest BCUT2D eigenvalue weighted by atomic mass is 9.73. The Morgan fingerprint density at radius 1 is 1.50 bits per heavy atom. The van der Waals surface area contributed by atoms with Crippen molar-refractivity contribution in [3.8, 4) is 0 Å². The van der Waals surface area contributed by atoms with Gasteiger partial charge in [-0.1, -0.05) is 17.7 Å². The van der Waals surface area contributed by atoms with Gasteiger partial charge in [0.25, 0.3) is 0 Å². The SMILES string of the molecule is CC1=CC2=CCC(=O)[C@@]2(C)CC1. The number of hydrogen-bond acceptors (Lipinski definition) is 1. The average Bonchev–Trinajstić information content (AvgIpc) is 2.31. The highest BCUT2D eigenvalue weighted by atomic mass is 16.1. The van der Waals surface area contributed by atoms with Crippen LogP contribution in [0.25, 0.3) is 0 Å². The predicted molar refractivity (Wildman–Crippen MR) is 48.8 cm³/mol. The van der Waals surface area contributed by atoms with Gasteiger partial charge in [-0.2, -0.15) is 0 Å². The maximum atomic E-state index is 11.6. The Balaban J connectivity index is 2.43. The second kappa shape index (κ2) is 2.32. The number of Topliss-reactive ketones (excluding diaryl/α,β-unsaturated/α-hetero) is 1. The van der Waals surface area contributed by atoms with Crippen LogP contribution in [-0.2, 0) is 4.79 Å². The fraction of sp³-hybridized carbons (Fsp3) is 0.545. The second-order valence-electron chi connectivity index (χ2n) is 4.11. The van der Waals surface area contributed by atoms with Crippen LogP contribution in [0.15, 0.2) is 23.3 Å². The van der Waals surface area contributed by atoms with E-state index in [2.05, 4.69) is 26.0 Å². The van der Waals surface area contributed by atoms with E-state index in [1.165, 1.54) is 11.1 Å². The zero-order chi connectivity index (χ0) is 8.77. The molecule has 0 saturated heterocycles. The molecule has 0 unspecified atom stereocenters. The van der Waals surface area contributed by atoms with E-state index >= 15 is 0 Å². The van der Waals surface area contributed by atoms with Gasteiger partial charge in [0.05, 0.1) is 5.41 Å². The van der Waals surface area contributed by atoms with Gasteiger partial charge in [-0.25, -0.2) is 0 Å². The first-order valence-electron chi connectivity index (χ1n) is 4.54. The van der Waals surface area contributed by atoms with Crippen molar-refractivity contribution in [2.75, 3.05) is 0 Å². The molecule has 0 bridgehead atoms. The predicted octanol–water partition coefficient (Wildman–Crippen LogP) is 2.63. The van der Waals surface area contributed by atoms with Crippen LogP contribution in [0.2, 0.25) is 0 Å². The summed E-state index contributed by atoms with van der Waals surface area (Å²) in [4.78, 5) is 11.6. The minimum atomic E-state index is -0.125. The van der Waals surface area contributed by atoms with E-state index in [9.17, 15) is 4.79 Å². The number of hydrogen-bond donors (Lipinski definition) is 0. The van der Waals surface area contributed by atoms with Gasteiger partial charge in [0.1, 0.15) is 5.78 Å². The van der Waals surface area contributed by atoms with Crippen molar-refractivity contribution in [2.45, 2.75) is 33.1 Å². The van der Waals surface area contributed by atoms with Crippen LogP contribution in [-0.4, -0.2) is 5.78 Å². The van der Waals surface area contributed by atoms with Gasteiger partial charge in [0.15, 0.2) is 0 Å². The monoisotopic (exact) mass is 162 g/mol. The highest BCUT2D eigenvalue weighted by Crippen LogP contribution is 2.44. The van der Waals surface area contributed by atoms with Crippen molar-refractivity contribution in [3.63, 3.8) is 0 Å². The largest absolute Gasteiger partial charge is 0.298 e. The van der Waals surface area contributed by atoms with E-state index in [0.717, 1.165) is 12.8 Å². The quantitative estimate of drug-likeness (QED) is 0.535. The van der Waals surface area contributed by atoms with E-state index in [1.807, 2.05) is 0 Å². The van der Waals surface area contributed by atoms with E-state index in [1.54, 1.807) is 0 Å². The lowest BCUT2D eigenvalue weighted by molar-refractivity contribution is -0.124. The molecule has 0 spiro atoms. The highest BCUT2D eigenvalue weighted by Gasteiger charge is 2.40. The molecule has 0 fully saturated rings. The van der Waals surface area contributed by atoms with Crippen LogP contribution < -0.4 is 0 Å². The average molecular weight is 162 g/mol. The molecule has 0 heterocycles. The summed E-state index contributed by atoms with van der Waals surface area (Å²) in [5.41, 5.74) is 2.55. The first-order chi connectivity index (χ1) is 5.63. The molecule has 0 amide bonds. The molecule has 1 atom stereocenters. The van der Waals surface area contributed by atoms with Crippen molar-refractivity contribution in [1.82, 2.24) is 0 Å². The standard InChI is InChI=1S/C11H14O/c1-8-5-6-11(2)9(7-8)3-4-10(11)12/h3,7H,4-6H2,1-2H3/t11-/m0/s1. The summed E-state index contributed by atoms with van der Waals surface area (Å²) in [5.74, 6) is 0.404. The maximum Gasteiger partial charge on any atom is 0.146 e. The van der Waals surface area contributed by atoms with Crippen LogP contribution >= 0.6 is 0 Å². The molecule has 0 aromatic carbocycles. The lowest BCUT2D eigenvalue weighted by Crippen LogP contribution is -2.26. The van der Waals surface area contributed by atoms with E-state index in [0.29, 0.717) is 12.2 Å². The number of rotatable bonds is 0.